The molecule has 2 aliphatic heterocycles. The summed E-state index contributed by atoms with van der Waals surface area (Å²) in [6, 6.07) is 20.0. The highest BCUT2D eigenvalue weighted by molar-refractivity contribution is 5.75. The number of aliphatic hydroxyl groups excluding tert-OH is 1. The Morgan fingerprint density at radius 1 is 0.705 bits per heavy atom. The summed E-state index contributed by atoms with van der Waals surface area (Å²) in [6.07, 6.45) is 0.611. The van der Waals surface area contributed by atoms with Gasteiger partial charge in [-0.05, 0) is 66.0 Å². The first-order valence-corrected chi connectivity index (χ1v) is 15.5. The van der Waals surface area contributed by atoms with Crippen LogP contribution in [0.15, 0.2) is 60.7 Å². The van der Waals surface area contributed by atoms with Crippen LogP contribution in [0.4, 0.5) is 0 Å². The van der Waals surface area contributed by atoms with Crippen molar-refractivity contribution in [2.24, 2.45) is 5.41 Å². The summed E-state index contributed by atoms with van der Waals surface area (Å²) in [5.41, 5.74) is 1.76. The number of esters is 1. The van der Waals surface area contributed by atoms with Crippen molar-refractivity contribution in [1.29, 1.82) is 0 Å². The van der Waals surface area contributed by atoms with E-state index in [0.717, 1.165) is 11.1 Å². The Labute approximate surface area is 263 Å². The average molecular weight is 617 g/mol. The van der Waals surface area contributed by atoms with Gasteiger partial charge in [0.15, 0.2) is 11.6 Å². The van der Waals surface area contributed by atoms with Crippen LogP contribution in [0, 0.1) is 5.41 Å². The van der Waals surface area contributed by atoms with E-state index in [1.54, 1.807) is 0 Å². The fraction of sp³-hybridized carbons (Fsp3) is 0.629. The zero-order chi connectivity index (χ0) is 32.2. The molecule has 2 saturated heterocycles. The molecule has 0 radical (unpaired) electrons. The molecule has 2 aromatic carbocycles. The predicted molar refractivity (Wildman–Crippen MR) is 167 cm³/mol. The Hall–Kier alpha value is -2.37. The first-order valence-electron chi connectivity index (χ1n) is 15.5. The molecule has 44 heavy (non-hydrogen) atoms. The molecular weight excluding hydrogens is 564 g/mol. The number of carbonyl (C=O) groups is 1. The van der Waals surface area contributed by atoms with Crippen LogP contribution >= 0.6 is 0 Å². The molecule has 246 valence electrons. The summed E-state index contributed by atoms with van der Waals surface area (Å²) in [7, 11) is 0. The molecule has 2 unspecified atom stereocenters. The maximum Gasteiger partial charge on any atom is 0.311 e. The normalized spacial score (nSPS) is 24.0. The highest BCUT2D eigenvalue weighted by atomic mass is 16.8. The van der Waals surface area contributed by atoms with Crippen molar-refractivity contribution in [2.75, 3.05) is 26.4 Å². The number of ether oxygens (including phenoxy) is 7. The highest BCUT2D eigenvalue weighted by Gasteiger charge is 2.42. The summed E-state index contributed by atoms with van der Waals surface area (Å²) in [5, 5.41) is 9.04. The van der Waals surface area contributed by atoms with Gasteiger partial charge in [-0.3, -0.25) is 4.79 Å². The highest BCUT2D eigenvalue weighted by Crippen LogP contribution is 2.31. The van der Waals surface area contributed by atoms with Gasteiger partial charge in [0.1, 0.15) is 12.2 Å². The van der Waals surface area contributed by atoms with Crippen LogP contribution in [0.2, 0.25) is 0 Å². The van der Waals surface area contributed by atoms with Gasteiger partial charge in [-0.2, -0.15) is 0 Å². The summed E-state index contributed by atoms with van der Waals surface area (Å²) in [4.78, 5) is 11.9. The second-order valence-corrected chi connectivity index (χ2v) is 13.1. The first-order chi connectivity index (χ1) is 20.8. The minimum absolute atomic E-state index is 0.0965. The van der Waals surface area contributed by atoms with E-state index in [0.29, 0.717) is 45.9 Å². The van der Waals surface area contributed by atoms with Crippen molar-refractivity contribution < 1.29 is 43.1 Å². The van der Waals surface area contributed by atoms with Gasteiger partial charge in [0.2, 0.25) is 0 Å². The standard InChI is InChI=1S/C20H30O5.C15H22O4/c1-19(2,3)18(21)23-12-11-16-17(25-20(4,5)24-16)14-22-13-15-9-7-6-8-10-15;1-15(2)18-13(8-9-16)14(19-15)11-17-10-12-6-4-3-5-7-12/h6-10,16-17H,11-14H2,1-5H3;3-7,13-14,16H,8-11H2,1-2H3/t16-,17?;13-,14?/m00/s1. The van der Waals surface area contributed by atoms with E-state index in [2.05, 4.69) is 0 Å². The first kappa shape index (κ1) is 36.1. The van der Waals surface area contributed by atoms with Gasteiger partial charge in [0, 0.05) is 13.0 Å². The van der Waals surface area contributed by atoms with Gasteiger partial charge in [-0.1, -0.05) is 60.7 Å². The van der Waals surface area contributed by atoms with Gasteiger partial charge in [-0.25, -0.2) is 0 Å². The Kier molecular flexibility index (Phi) is 13.8. The van der Waals surface area contributed by atoms with Crippen LogP contribution in [-0.2, 0) is 51.2 Å². The third-order valence-electron chi connectivity index (χ3n) is 7.02. The molecule has 1 N–H and O–H groups in total. The molecule has 2 fully saturated rings. The molecule has 0 aromatic heterocycles. The molecule has 0 aliphatic carbocycles. The summed E-state index contributed by atoms with van der Waals surface area (Å²) in [5.74, 6) is -1.46. The molecule has 4 atom stereocenters. The van der Waals surface area contributed by atoms with E-state index in [-0.39, 0.29) is 37.0 Å². The molecule has 0 bridgehead atoms. The molecular formula is C35H52O9. The lowest BCUT2D eigenvalue weighted by atomic mass is 9.97. The molecule has 9 nitrogen and oxygen atoms in total. The molecule has 0 saturated carbocycles. The van der Waals surface area contributed by atoms with Gasteiger partial charge >= 0.3 is 5.97 Å². The molecule has 0 amide bonds. The lowest BCUT2D eigenvalue weighted by Gasteiger charge is -2.19. The molecule has 2 aromatic rings. The zero-order valence-electron chi connectivity index (χ0n) is 27.5. The van der Waals surface area contributed by atoms with Crippen LogP contribution in [0.5, 0.6) is 0 Å². The van der Waals surface area contributed by atoms with Gasteiger partial charge < -0.3 is 38.3 Å². The Morgan fingerprint density at radius 3 is 1.52 bits per heavy atom. The second-order valence-electron chi connectivity index (χ2n) is 13.1. The Morgan fingerprint density at radius 2 is 1.11 bits per heavy atom. The minimum Gasteiger partial charge on any atom is -0.465 e. The number of hydrogen-bond donors (Lipinski definition) is 1. The van der Waals surface area contributed by atoms with Crippen LogP contribution in [0.3, 0.4) is 0 Å². The molecule has 0 spiro atoms. The van der Waals surface area contributed by atoms with Crippen LogP contribution < -0.4 is 0 Å². The number of carbonyl (C=O) groups excluding carboxylic acids is 1. The molecule has 9 heteroatoms. The van der Waals surface area contributed by atoms with Crippen LogP contribution in [0.1, 0.15) is 72.4 Å². The Balaban J connectivity index is 0.000000249. The largest absolute Gasteiger partial charge is 0.465 e. The SMILES string of the molecule is CC1(C)OC(COCc2ccccc2)[C@H](CCO)O1.CC1(C)OC(COCc2ccccc2)[C@H](CCOC(=O)C(C)(C)C)O1. The van der Waals surface area contributed by atoms with E-state index >= 15 is 0 Å². The number of aliphatic hydroxyl groups is 1. The summed E-state index contributed by atoms with van der Waals surface area (Å²) in [6.45, 7) is 15.5. The predicted octanol–water partition coefficient (Wildman–Crippen LogP) is 5.81. The van der Waals surface area contributed by atoms with Gasteiger partial charge in [0.25, 0.3) is 0 Å². The fourth-order valence-electron chi connectivity index (χ4n) is 4.94. The van der Waals surface area contributed by atoms with Crippen molar-refractivity contribution >= 4 is 5.97 Å². The Bertz CT molecular complexity index is 1100. The smallest absolute Gasteiger partial charge is 0.311 e. The van der Waals surface area contributed by atoms with Gasteiger partial charge in [-0.15, -0.1) is 0 Å². The van der Waals surface area contributed by atoms with Crippen LogP contribution in [0.25, 0.3) is 0 Å². The summed E-state index contributed by atoms with van der Waals surface area (Å²) >= 11 is 0. The van der Waals surface area contributed by atoms with Crippen molar-refractivity contribution in [3.05, 3.63) is 71.8 Å². The van der Waals surface area contributed by atoms with E-state index in [9.17, 15) is 4.79 Å². The fourth-order valence-corrected chi connectivity index (χ4v) is 4.94. The van der Waals surface area contributed by atoms with Crippen molar-refractivity contribution in [1.82, 2.24) is 0 Å². The van der Waals surface area contributed by atoms with Gasteiger partial charge in [0.05, 0.1) is 50.7 Å². The van der Waals surface area contributed by atoms with Crippen LogP contribution in [-0.4, -0.2) is 73.5 Å². The lowest BCUT2D eigenvalue weighted by molar-refractivity contribution is -0.157. The molecule has 2 aliphatic rings. The van der Waals surface area contributed by atoms with Crippen molar-refractivity contribution in [3.63, 3.8) is 0 Å². The summed E-state index contributed by atoms with van der Waals surface area (Å²) < 4.78 is 40.2. The third-order valence-corrected chi connectivity index (χ3v) is 7.02. The molecule has 4 rings (SSSR count). The monoisotopic (exact) mass is 616 g/mol. The zero-order valence-corrected chi connectivity index (χ0v) is 27.5. The second kappa shape index (κ2) is 16.8. The van der Waals surface area contributed by atoms with E-state index in [4.69, 9.17) is 38.3 Å². The number of rotatable bonds is 13. The third kappa shape index (κ3) is 12.6. The maximum atomic E-state index is 11.9. The van der Waals surface area contributed by atoms with Crippen molar-refractivity contribution in [2.45, 2.75) is 111 Å². The topological polar surface area (TPSA) is 102 Å². The van der Waals surface area contributed by atoms with Crippen molar-refractivity contribution in [3.8, 4) is 0 Å². The quantitative estimate of drug-likeness (QED) is 0.280. The maximum absolute atomic E-state index is 11.9. The average Bonchev–Trinajstić information content (AvgIpc) is 3.42. The van der Waals surface area contributed by atoms with E-state index < -0.39 is 17.0 Å². The number of benzene rings is 2. The lowest BCUT2D eigenvalue weighted by Crippen LogP contribution is -2.30. The molecule has 2 heterocycles. The number of hydrogen-bond acceptors (Lipinski definition) is 9. The minimum atomic E-state index is -0.653. The van der Waals surface area contributed by atoms with E-state index in [1.807, 2.05) is 109 Å². The van der Waals surface area contributed by atoms with E-state index in [1.165, 1.54) is 0 Å².